The van der Waals surface area contributed by atoms with Gasteiger partial charge < -0.3 is 9.32 Å². The number of furan rings is 1. The van der Waals surface area contributed by atoms with E-state index in [1.54, 1.807) is 0 Å². The molecule has 12 aromatic carbocycles. The van der Waals surface area contributed by atoms with Crippen LogP contribution in [0, 0.1) is 0 Å². The van der Waals surface area contributed by atoms with Crippen LogP contribution in [-0.4, -0.2) is 0 Å². The molecule has 0 saturated heterocycles. The van der Waals surface area contributed by atoms with Gasteiger partial charge in [0.1, 0.15) is 11.2 Å². The molecule has 0 radical (unpaired) electrons. The monoisotopic (exact) mass is 929 g/mol. The van der Waals surface area contributed by atoms with Gasteiger partial charge in [-0.25, -0.2) is 0 Å². The highest BCUT2D eigenvalue weighted by Gasteiger charge is 2.46. The minimum Gasteiger partial charge on any atom is -0.456 e. The molecule has 0 atom stereocenters. The van der Waals surface area contributed by atoms with Gasteiger partial charge >= 0.3 is 0 Å². The zero-order chi connectivity index (χ0) is 48.3. The summed E-state index contributed by atoms with van der Waals surface area (Å²) in [5.41, 5.74) is 21.5. The van der Waals surface area contributed by atoms with E-state index in [4.69, 9.17) is 4.42 Å². The largest absolute Gasteiger partial charge is 0.456 e. The average molecular weight is 930 g/mol. The highest BCUT2D eigenvalue weighted by molar-refractivity contribution is 6.06. The maximum absolute atomic E-state index is 6.20. The second-order valence-electron chi connectivity index (χ2n) is 19.2. The van der Waals surface area contributed by atoms with Crippen LogP contribution >= 0.6 is 0 Å². The van der Waals surface area contributed by atoms with Gasteiger partial charge in [-0.1, -0.05) is 212 Å². The predicted octanol–water partition coefficient (Wildman–Crippen LogP) is 19.2. The second-order valence-corrected chi connectivity index (χ2v) is 19.2. The Labute approximate surface area is 425 Å². The Kier molecular flexibility index (Phi) is 10.1. The third-order valence-corrected chi connectivity index (χ3v) is 15.1. The molecule has 0 amide bonds. The topological polar surface area (TPSA) is 16.4 Å². The Morgan fingerprint density at radius 1 is 0.260 bits per heavy atom. The van der Waals surface area contributed by atoms with Gasteiger partial charge in [-0.05, 0) is 161 Å². The highest BCUT2D eigenvalue weighted by Crippen LogP contribution is 2.57. The lowest BCUT2D eigenvalue weighted by molar-refractivity contribution is 0.669. The zero-order valence-corrected chi connectivity index (χ0v) is 40.0. The van der Waals surface area contributed by atoms with Gasteiger partial charge in [0.2, 0.25) is 0 Å². The molecule has 13 aromatic rings. The molecule has 0 bridgehead atoms. The first-order valence-electron chi connectivity index (χ1n) is 25.1. The Bertz CT molecular complexity index is 4150. The first-order chi connectivity index (χ1) is 36.2. The summed E-state index contributed by atoms with van der Waals surface area (Å²) in [4.78, 5) is 2.42. The molecular formula is C71H47NO. The van der Waals surface area contributed by atoms with Crippen LogP contribution < -0.4 is 4.90 Å². The molecule has 0 spiro atoms. The Morgan fingerprint density at radius 3 is 1.41 bits per heavy atom. The minimum absolute atomic E-state index is 0.528. The lowest BCUT2D eigenvalue weighted by Crippen LogP contribution is -2.28. The van der Waals surface area contributed by atoms with Crippen LogP contribution in [0.15, 0.2) is 290 Å². The van der Waals surface area contributed by atoms with Crippen molar-refractivity contribution in [3.63, 3.8) is 0 Å². The van der Waals surface area contributed by atoms with Crippen molar-refractivity contribution in [2.24, 2.45) is 0 Å². The summed E-state index contributed by atoms with van der Waals surface area (Å²) < 4.78 is 6.20. The van der Waals surface area contributed by atoms with Crippen molar-refractivity contribution in [1.29, 1.82) is 0 Å². The van der Waals surface area contributed by atoms with Crippen molar-refractivity contribution in [1.82, 2.24) is 0 Å². The minimum atomic E-state index is -0.528. The van der Waals surface area contributed by atoms with E-state index < -0.39 is 5.41 Å². The standard InChI is InChI=1S/C71H47NO/c1-3-21-58(22-4-1)71(59-23-5-2-6-24-59)67-27-11-9-25-63(67)64-41-40-62(47-68(64)71)72(61-38-33-50(34-39-61)57-35-42-70-66(46-57)65-26-10-12-28-69(65)73-70)60-36-31-49(32-37-60)52-17-13-18-53(43-52)54-19-14-20-55(45-54)56-30-29-48-15-7-8-16-51(48)44-56/h1-47H. The van der Waals surface area contributed by atoms with Crippen LogP contribution in [0.25, 0.3) is 88.3 Å². The van der Waals surface area contributed by atoms with E-state index >= 15 is 0 Å². The fourth-order valence-electron chi connectivity index (χ4n) is 11.7. The van der Waals surface area contributed by atoms with Gasteiger partial charge in [0.25, 0.3) is 0 Å². The highest BCUT2D eigenvalue weighted by atomic mass is 16.3. The van der Waals surface area contributed by atoms with Crippen LogP contribution in [0.4, 0.5) is 17.1 Å². The first-order valence-corrected chi connectivity index (χ1v) is 25.1. The fourth-order valence-corrected chi connectivity index (χ4v) is 11.7. The maximum Gasteiger partial charge on any atom is 0.135 e. The van der Waals surface area contributed by atoms with Crippen LogP contribution in [0.2, 0.25) is 0 Å². The molecule has 1 aromatic heterocycles. The summed E-state index contributed by atoms with van der Waals surface area (Å²) in [7, 11) is 0. The Morgan fingerprint density at radius 2 is 0.740 bits per heavy atom. The van der Waals surface area contributed by atoms with Crippen LogP contribution in [0.3, 0.4) is 0 Å². The van der Waals surface area contributed by atoms with E-state index in [0.717, 1.165) is 55.7 Å². The number of hydrogen-bond donors (Lipinski definition) is 0. The van der Waals surface area contributed by atoms with Crippen molar-refractivity contribution >= 4 is 49.8 Å². The summed E-state index contributed by atoms with van der Waals surface area (Å²) in [5.74, 6) is 0. The van der Waals surface area contributed by atoms with Crippen molar-refractivity contribution in [2.75, 3.05) is 4.90 Å². The van der Waals surface area contributed by atoms with Gasteiger partial charge in [0, 0.05) is 27.8 Å². The molecule has 73 heavy (non-hydrogen) atoms. The third-order valence-electron chi connectivity index (χ3n) is 15.1. The Balaban J connectivity index is 0.876. The van der Waals surface area contributed by atoms with E-state index in [0.29, 0.717) is 0 Å². The maximum atomic E-state index is 6.20. The summed E-state index contributed by atoms with van der Waals surface area (Å²) in [5, 5.41) is 4.75. The number of benzene rings is 12. The molecular weight excluding hydrogens is 883 g/mol. The SMILES string of the molecule is c1ccc(C2(c3ccccc3)c3ccccc3-c3ccc(N(c4ccc(-c5cccc(-c6cccc(-c7ccc8ccccc8c7)c6)c5)cc4)c4ccc(-c5ccc6oc7ccccc7c6c5)cc4)cc32)cc1. The van der Waals surface area contributed by atoms with Crippen molar-refractivity contribution in [3.05, 3.63) is 307 Å². The average Bonchev–Trinajstić information content (AvgIpc) is 3.99. The van der Waals surface area contributed by atoms with Gasteiger partial charge in [-0.3, -0.25) is 0 Å². The molecule has 0 aliphatic heterocycles. The number of hydrogen-bond acceptors (Lipinski definition) is 2. The van der Waals surface area contributed by atoms with Gasteiger partial charge in [-0.2, -0.15) is 0 Å². The normalized spacial score (nSPS) is 12.5. The molecule has 2 heteroatoms. The lowest BCUT2D eigenvalue weighted by Gasteiger charge is -2.35. The van der Waals surface area contributed by atoms with E-state index in [-0.39, 0.29) is 0 Å². The van der Waals surface area contributed by atoms with Crippen molar-refractivity contribution in [2.45, 2.75) is 5.41 Å². The molecule has 0 fully saturated rings. The van der Waals surface area contributed by atoms with Gasteiger partial charge in [-0.15, -0.1) is 0 Å². The molecule has 0 N–H and O–H groups in total. The van der Waals surface area contributed by atoms with E-state index in [1.807, 2.05) is 12.1 Å². The summed E-state index contributed by atoms with van der Waals surface area (Å²) >= 11 is 0. The zero-order valence-electron chi connectivity index (χ0n) is 40.0. The van der Waals surface area contributed by atoms with E-state index in [2.05, 4.69) is 278 Å². The first kappa shape index (κ1) is 42.4. The molecule has 0 unspecified atom stereocenters. The predicted molar refractivity (Wildman–Crippen MR) is 305 cm³/mol. The molecule has 2 nitrogen and oxygen atoms in total. The number of rotatable bonds is 9. The van der Waals surface area contributed by atoms with Gasteiger partial charge in [0.15, 0.2) is 0 Å². The van der Waals surface area contributed by atoms with Crippen LogP contribution in [0.1, 0.15) is 22.3 Å². The number of para-hydroxylation sites is 1. The molecule has 1 heterocycles. The molecule has 0 saturated carbocycles. The fraction of sp³-hybridized carbons (Fsp3) is 0.0141. The number of fused-ring (bicyclic) bond motifs is 7. The Hall–Kier alpha value is -9.50. The van der Waals surface area contributed by atoms with Crippen LogP contribution in [0.5, 0.6) is 0 Å². The van der Waals surface area contributed by atoms with Crippen molar-refractivity contribution in [3.8, 4) is 55.6 Å². The summed E-state index contributed by atoms with van der Waals surface area (Å²) in [6.07, 6.45) is 0. The quantitative estimate of drug-likeness (QED) is 0.143. The molecule has 342 valence electrons. The summed E-state index contributed by atoms with van der Waals surface area (Å²) in [6, 6.07) is 104. The van der Waals surface area contributed by atoms with Gasteiger partial charge in [0.05, 0.1) is 5.41 Å². The molecule has 14 rings (SSSR count). The second kappa shape index (κ2) is 17.4. The lowest BCUT2D eigenvalue weighted by atomic mass is 9.67. The molecule has 1 aliphatic rings. The third kappa shape index (κ3) is 7.18. The smallest absolute Gasteiger partial charge is 0.135 e. The number of anilines is 3. The van der Waals surface area contributed by atoms with Crippen molar-refractivity contribution < 1.29 is 4.42 Å². The van der Waals surface area contributed by atoms with E-state index in [9.17, 15) is 0 Å². The molecule has 1 aliphatic carbocycles. The van der Waals surface area contributed by atoms with Crippen LogP contribution in [-0.2, 0) is 5.41 Å². The number of nitrogens with zero attached hydrogens (tertiary/aromatic N) is 1. The summed E-state index contributed by atoms with van der Waals surface area (Å²) in [6.45, 7) is 0. The van der Waals surface area contributed by atoms with E-state index in [1.165, 1.54) is 72.0 Å².